The Kier molecular flexibility index (Phi) is 4.85. The van der Waals surface area contributed by atoms with Crippen LogP contribution in [0.5, 0.6) is 0 Å². The van der Waals surface area contributed by atoms with E-state index in [-0.39, 0.29) is 29.6 Å². The molecule has 1 N–H and O–H groups in total. The number of nitrogens with one attached hydrogen (secondary N) is 1. The van der Waals surface area contributed by atoms with E-state index in [4.69, 9.17) is 0 Å². The summed E-state index contributed by atoms with van der Waals surface area (Å²) in [5.41, 5.74) is 1.58. The molecule has 0 bridgehead atoms. The Bertz CT molecular complexity index is 681. The van der Waals surface area contributed by atoms with Crippen molar-refractivity contribution >= 4 is 11.8 Å². The maximum atomic E-state index is 13.3. The van der Waals surface area contributed by atoms with Crippen LogP contribution in [-0.4, -0.2) is 29.8 Å². The zero-order valence-corrected chi connectivity index (χ0v) is 15.3. The Hall–Kier alpha value is -1.91. The van der Waals surface area contributed by atoms with E-state index in [1.165, 1.54) is 6.07 Å². The summed E-state index contributed by atoms with van der Waals surface area (Å²) < 4.78 is 13.3. The second kappa shape index (κ2) is 6.77. The van der Waals surface area contributed by atoms with Gasteiger partial charge in [-0.3, -0.25) is 9.59 Å². The number of carbonyl (C=O) groups is 2. The molecule has 1 aliphatic carbocycles. The van der Waals surface area contributed by atoms with E-state index < -0.39 is 5.41 Å². The Balaban J connectivity index is 1.64. The molecule has 1 aromatic carbocycles. The maximum absolute atomic E-state index is 13.3. The van der Waals surface area contributed by atoms with Gasteiger partial charge in [-0.1, -0.05) is 26.8 Å². The number of aryl methyl sites for hydroxylation is 1. The lowest BCUT2D eigenvalue weighted by molar-refractivity contribution is -0.142. The van der Waals surface area contributed by atoms with Gasteiger partial charge in [0.2, 0.25) is 11.8 Å². The number of hydrogen-bond acceptors (Lipinski definition) is 2. The zero-order chi connectivity index (χ0) is 18.2. The van der Waals surface area contributed by atoms with Gasteiger partial charge in [-0.15, -0.1) is 0 Å². The van der Waals surface area contributed by atoms with Crippen LogP contribution in [0.2, 0.25) is 0 Å². The summed E-state index contributed by atoms with van der Waals surface area (Å²) in [5, 5.41) is 3.12. The molecule has 1 heterocycles. The molecule has 3 rings (SSSR count). The first kappa shape index (κ1) is 17.9. The Labute approximate surface area is 148 Å². The molecule has 1 aromatic rings. The van der Waals surface area contributed by atoms with Crippen LogP contribution in [-0.2, 0) is 16.0 Å². The maximum Gasteiger partial charge on any atom is 0.227 e. The van der Waals surface area contributed by atoms with E-state index in [1.807, 2.05) is 25.7 Å². The van der Waals surface area contributed by atoms with Crippen LogP contribution >= 0.6 is 0 Å². The van der Waals surface area contributed by atoms with E-state index in [0.29, 0.717) is 6.54 Å². The molecule has 0 radical (unpaired) electrons. The fourth-order valence-corrected chi connectivity index (χ4v) is 3.88. The largest absolute Gasteiger partial charge is 0.349 e. The van der Waals surface area contributed by atoms with Crippen LogP contribution in [0.1, 0.15) is 57.2 Å². The lowest BCUT2D eigenvalue weighted by Crippen LogP contribution is -2.49. The highest BCUT2D eigenvalue weighted by atomic mass is 19.1. The highest BCUT2D eigenvalue weighted by Crippen LogP contribution is 2.32. The highest BCUT2D eigenvalue weighted by molar-refractivity contribution is 5.84. The fourth-order valence-electron chi connectivity index (χ4n) is 3.88. The van der Waals surface area contributed by atoms with Gasteiger partial charge in [-0.2, -0.15) is 0 Å². The average Bonchev–Trinajstić information content (AvgIpc) is 2.95. The van der Waals surface area contributed by atoms with E-state index in [1.54, 1.807) is 12.1 Å². The molecule has 2 atom stereocenters. The smallest absolute Gasteiger partial charge is 0.227 e. The number of hydrogen-bond donors (Lipinski definition) is 1. The van der Waals surface area contributed by atoms with Gasteiger partial charge in [0.05, 0.1) is 12.0 Å². The molecular weight excluding hydrogens is 319 g/mol. The van der Waals surface area contributed by atoms with Crippen LogP contribution in [0.4, 0.5) is 4.39 Å². The number of fused-ring (bicyclic) bond motifs is 1. The summed E-state index contributed by atoms with van der Waals surface area (Å²) in [6, 6.07) is 4.75. The SMILES string of the molecule is CC(C)(C)C(=O)N1CCC[C@@H](C(=O)N[C@@H]2CCc3cc(F)ccc32)C1. The topological polar surface area (TPSA) is 49.4 Å². The predicted molar refractivity (Wildman–Crippen MR) is 94.4 cm³/mol. The molecule has 1 saturated heterocycles. The molecule has 136 valence electrons. The molecule has 1 aliphatic heterocycles. The lowest BCUT2D eigenvalue weighted by Gasteiger charge is -2.36. The molecule has 0 saturated carbocycles. The van der Waals surface area contributed by atoms with Crippen molar-refractivity contribution in [3.8, 4) is 0 Å². The third kappa shape index (κ3) is 3.86. The van der Waals surface area contributed by atoms with Crippen molar-refractivity contribution in [2.24, 2.45) is 11.3 Å². The van der Waals surface area contributed by atoms with E-state index in [2.05, 4.69) is 5.32 Å². The van der Waals surface area contributed by atoms with Gasteiger partial charge in [-0.25, -0.2) is 4.39 Å². The van der Waals surface area contributed by atoms with Crippen molar-refractivity contribution in [3.63, 3.8) is 0 Å². The van der Waals surface area contributed by atoms with E-state index >= 15 is 0 Å². The lowest BCUT2D eigenvalue weighted by atomic mass is 9.90. The van der Waals surface area contributed by atoms with Crippen molar-refractivity contribution in [1.29, 1.82) is 0 Å². The number of halogens is 1. The number of amides is 2. The minimum atomic E-state index is -0.424. The van der Waals surface area contributed by atoms with Crippen molar-refractivity contribution in [1.82, 2.24) is 10.2 Å². The monoisotopic (exact) mass is 346 g/mol. The first-order valence-electron chi connectivity index (χ1n) is 9.14. The highest BCUT2D eigenvalue weighted by Gasteiger charge is 2.34. The normalized spacial score (nSPS) is 23.3. The standard InChI is InChI=1S/C20H27FN2O2/c1-20(2,3)19(25)23-10-4-5-14(12-23)18(24)22-17-9-6-13-11-15(21)7-8-16(13)17/h7-8,11,14,17H,4-6,9-10,12H2,1-3H3,(H,22,24)/t14-,17-/m1/s1. The molecule has 2 amide bonds. The number of carbonyl (C=O) groups excluding carboxylic acids is 2. The third-order valence-corrected chi connectivity index (χ3v) is 5.22. The number of nitrogens with zero attached hydrogens (tertiary/aromatic N) is 1. The van der Waals surface area contributed by atoms with Crippen LogP contribution < -0.4 is 5.32 Å². The Morgan fingerprint density at radius 3 is 2.72 bits per heavy atom. The molecule has 1 fully saturated rings. The first-order valence-corrected chi connectivity index (χ1v) is 9.14. The second-order valence-electron chi connectivity index (χ2n) is 8.28. The van der Waals surface area contributed by atoms with E-state index in [9.17, 15) is 14.0 Å². The summed E-state index contributed by atoms with van der Waals surface area (Å²) in [7, 11) is 0. The molecule has 25 heavy (non-hydrogen) atoms. The van der Waals surface area contributed by atoms with Crippen molar-refractivity contribution in [3.05, 3.63) is 35.1 Å². The second-order valence-corrected chi connectivity index (χ2v) is 8.28. The summed E-state index contributed by atoms with van der Waals surface area (Å²) in [5.74, 6) is -0.279. The summed E-state index contributed by atoms with van der Waals surface area (Å²) in [4.78, 5) is 27.0. The summed E-state index contributed by atoms with van der Waals surface area (Å²) in [6.45, 7) is 6.95. The number of benzene rings is 1. The first-order chi connectivity index (χ1) is 11.8. The van der Waals surface area contributed by atoms with Gasteiger partial charge < -0.3 is 10.2 Å². The molecular formula is C20H27FN2O2. The van der Waals surface area contributed by atoms with Gasteiger partial charge in [0.25, 0.3) is 0 Å². The van der Waals surface area contributed by atoms with Crippen molar-refractivity contribution in [2.45, 2.75) is 52.5 Å². The summed E-state index contributed by atoms with van der Waals surface area (Å²) >= 11 is 0. The molecule has 0 unspecified atom stereocenters. The van der Waals surface area contributed by atoms with Gasteiger partial charge >= 0.3 is 0 Å². The molecule has 5 heteroatoms. The molecule has 0 spiro atoms. The molecule has 0 aromatic heterocycles. The molecule has 4 nitrogen and oxygen atoms in total. The van der Waals surface area contributed by atoms with Crippen molar-refractivity contribution < 1.29 is 14.0 Å². The van der Waals surface area contributed by atoms with Gasteiger partial charge in [0.15, 0.2) is 0 Å². The molecule has 2 aliphatic rings. The van der Waals surface area contributed by atoms with Gasteiger partial charge in [-0.05, 0) is 48.9 Å². The number of piperidine rings is 1. The van der Waals surface area contributed by atoms with E-state index in [0.717, 1.165) is 43.4 Å². The Morgan fingerprint density at radius 1 is 1.24 bits per heavy atom. The minimum absolute atomic E-state index is 0.00795. The summed E-state index contributed by atoms with van der Waals surface area (Å²) in [6.07, 6.45) is 3.26. The third-order valence-electron chi connectivity index (χ3n) is 5.22. The van der Waals surface area contributed by atoms with Crippen LogP contribution in [0.25, 0.3) is 0 Å². The van der Waals surface area contributed by atoms with Gasteiger partial charge in [0, 0.05) is 18.5 Å². The fraction of sp³-hybridized carbons (Fsp3) is 0.600. The average molecular weight is 346 g/mol. The van der Waals surface area contributed by atoms with Crippen LogP contribution in [0.3, 0.4) is 0 Å². The zero-order valence-electron chi connectivity index (χ0n) is 15.3. The predicted octanol–water partition coefficient (Wildman–Crippen LogP) is 3.21. The Morgan fingerprint density at radius 2 is 2.00 bits per heavy atom. The number of likely N-dealkylation sites (tertiary alicyclic amines) is 1. The van der Waals surface area contributed by atoms with Crippen LogP contribution in [0.15, 0.2) is 18.2 Å². The van der Waals surface area contributed by atoms with Crippen LogP contribution in [0, 0.1) is 17.2 Å². The minimum Gasteiger partial charge on any atom is -0.349 e. The van der Waals surface area contributed by atoms with Crippen molar-refractivity contribution in [2.75, 3.05) is 13.1 Å². The quantitative estimate of drug-likeness (QED) is 0.894. The van der Waals surface area contributed by atoms with Gasteiger partial charge in [0.1, 0.15) is 5.82 Å². The number of rotatable bonds is 2.